The van der Waals surface area contributed by atoms with Crippen molar-refractivity contribution in [1.29, 1.82) is 0 Å². The van der Waals surface area contributed by atoms with Gasteiger partial charge in [-0.1, -0.05) is 146 Å². The molecule has 0 radical (unpaired) electrons. The highest BCUT2D eigenvalue weighted by atomic mass is 28.3. The highest BCUT2D eigenvalue weighted by molar-refractivity contribution is 7.19. The number of anilines is 3. The van der Waals surface area contributed by atoms with Gasteiger partial charge in [-0.2, -0.15) is 0 Å². The van der Waals surface area contributed by atoms with Gasteiger partial charge in [0.2, 0.25) is 0 Å². The van der Waals surface area contributed by atoms with Gasteiger partial charge in [0.1, 0.15) is 5.75 Å². The van der Waals surface area contributed by atoms with E-state index in [2.05, 4.69) is 169 Å². The molecule has 226 valence electrons. The molecule has 0 amide bonds. The minimum atomic E-state index is -2.64. The summed E-state index contributed by atoms with van der Waals surface area (Å²) in [6.07, 6.45) is 0. The first-order chi connectivity index (χ1) is 23.3. The summed E-state index contributed by atoms with van der Waals surface area (Å²) in [5.74, 6) is 0.621. The van der Waals surface area contributed by atoms with E-state index < -0.39 is 8.07 Å². The molecule has 0 aliphatic carbocycles. The van der Waals surface area contributed by atoms with Gasteiger partial charge >= 0.3 is 7.69 Å². The Bertz CT molecular complexity index is 1910. The van der Waals surface area contributed by atoms with Gasteiger partial charge in [-0.15, -0.1) is 0 Å². The fourth-order valence-corrected chi connectivity index (χ4v) is 11.3. The van der Waals surface area contributed by atoms with Crippen LogP contribution in [0.15, 0.2) is 194 Å². The maximum atomic E-state index is 9.28. The van der Waals surface area contributed by atoms with Crippen LogP contribution >= 0.6 is 0 Å². The van der Waals surface area contributed by atoms with Crippen molar-refractivity contribution < 1.29 is 9.68 Å². The number of benzene rings is 7. The maximum absolute atomic E-state index is 9.28. The predicted molar refractivity (Wildman–Crippen MR) is 200 cm³/mol. The van der Waals surface area contributed by atoms with Crippen molar-refractivity contribution in [3.63, 3.8) is 0 Å². The lowest BCUT2D eigenvalue weighted by Gasteiger charge is -2.35. The van der Waals surface area contributed by atoms with E-state index in [-0.39, 0.29) is 7.69 Å². The molecule has 0 heterocycles. The van der Waals surface area contributed by atoms with Gasteiger partial charge in [0.05, 0.1) is 0 Å². The highest BCUT2D eigenvalue weighted by Crippen LogP contribution is 2.36. The molecule has 1 N–H and O–H groups in total. The minimum Gasteiger partial charge on any atom is -0.539 e. The Morgan fingerprint density at radius 3 is 1.15 bits per heavy atom. The third kappa shape index (κ3) is 6.02. The van der Waals surface area contributed by atoms with Crippen molar-refractivity contribution in [3.8, 4) is 16.9 Å². The largest absolute Gasteiger partial charge is 0.539 e. The van der Waals surface area contributed by atoms with Gasteiger partial charge in [-0.05, 0) is 80.4 Å². The summed E-state index contributed by atoms with van der Waals surface area (Å²) in [7, 11) is -3.00. The van der Waals surface area contributed by atoms with Gasteiger partial charge in [0.15, 0.2) is 8.07 Å². The van der Waals surface area contributed by atoms with Crippen LogP contribution in [-0.4, -0.2) is 20.8 Å². The van der Waals surface area contributed by atoms with Crippen molar-refractivity contribution in [3.05, 3.63) is 194 Å². The summed E-state index contributed by atoms with van der Waals surface area (Å²) >= 11 is 0. The van der Waals surface area contributed by atoms with Crippen molar-refractivity contribution in [2.24, 2.45) is 0 Å². The van der Waals surface area contributed by atoms with Crippen molar-refractivity contribution in [2.75, 3.05) is 4.90 Å². The first-order valence-corrected chi connectivity index (χ1v) is 17.8. The van der Waals surface area contributed by atoms with E-state index in [1.807, 2.05) is 30.3 Å². The molecule has 7 aromatic carbocycles. The summed E-state index contributed by atoms with van der Waals surface area (Å²) in [6.45, 7) is 0. The Morgan fingerprint density at radius 1 is 0.383 bits per heavy atom. The Labute approximate surface area is 278 Å². The molecule has 0 unspecified atom stereocenters. The molecule has 3 nitrogen and oxygen atoms in total. The van der Waals surface area contributed by atoms with Gasteiger partial charge in [0, 0.05) is 17.1 Å². The summed E-state index contributed by atoms with van der Waals surface area (Å²) in [5, 5.41) is 14.6. The Balaban J connectivity index is 1.37. The third-order valence-electron chi connectivity index (χ3n) is 8.74. The SMILES string of the molecule is OBOc1ccc(N(c2ccc(-c3ccccc3)cc2)c2ccc([Si](c3ccccc3)(c3ccccc3)c3ccccc3)cc2)cc1. The zero-order valence-electron chi connectivity index (χ0n) is 26.0. The quantitative estimate of drug-likeness (QED) is 0.134. The fraction of sp³-hybridized carbons (Fsp3) is 0. The van der Waals surface area contributed by atoms with Crippen LogP contribution < -0.4 is 30.3 Å². The summed E-state index contributed by atoms with van der Waals surface area (Å²) in [6, 6.07) is 69.1. The molecule has 0 aromatic heterocycles. The fourth-order valence-electron chi connectivity index (χ4n) is 6.57. The molecular weight excluding hydrogens is 589 g/mol. The van der Waals surface area contributed by atoms with E-state index in [9.17, 15) is 5.02 Å². The van der Waals surface area contributed by atoms with Gasteiger partial charge in [-0.3, -0.25) is 0 Å². The number of nitrogens with zero attached hydrogens (tertiary/aromatic N) is 1. The molecule has 0 saturated heterocycles. The van der Waals surface area contributed by atoms with Gasteiger partial charge in [0.25, 0.3) is 0 Å². The first-order valence-electron chi connectivity index (χ1n) is 15.8. The molecule has 0 bridgehead atoms. The zero-order chi connectivity index (χ0) is 31.9. The lowest BCUT2D eigenvalue weighted by atomic mass is 10.0. The second kappa shape index (κ2) is 13.8. The van der Waals surface area contributed by atoms with Crippen molar-refractivity contribution in [1.82, 2.24) is 0 Å². The molecule has 7 rings (SSSR count). The second-order valence-corrected chi connectivity index (χ2v) is 15.2. The normalized spacial score (nSPS) is 11.1. The van der Waals surface area contributed by atoms with E-state index in [1.165, 1.54) is 31.9 Å². The standard InChI is InChI=1S/C42H34BNO2Si/c45-43-46-38-29-25-36(26-30-38)44(35-23-21-34(22-24-35)33-13-5-1-6-14-33)37-27-31-42(32-28-37)47(39-15-7-2-8-16-39,40-17-9-3-10-18-40)41-19-11-4-12-20-41/h1-32,43,45H. The van der Waals surface area contributed by atoms with Crippen LogP contribution in [0.5, 0.6) is 5.75 Å². The van der Waals surface area contributed by atoms with Crippen LogP contribution in [0.1, 0.15) is 0 Å². The molecule has 0 aliphatic rings. The topological polar surface area (TPSA) is 32.7 Å². The monoisotopic (exact) mass is 623 g/mol. The van der Waals surface area contributed by atoms with E-state index >= 15 is 0 Å². The Morgan fingerprint density at radius 2 is 0.723 bits per heavy atom. The van der Waals surface area contributed by atoms with Crippen LogP contribution in [0.2, 0.25) is 0 Å². The lowest BCUT2D eigenvalue weighted by Crippen LogP contribution is -2.74. The zero-order valence-corrected chi connectivity index (χ0v) is 27.0. The average Bonchev–Trinajstić information content (AvgIpc) is 3.15. The van der Waals surface area contributed by atoms with Crippen LogP contribution in [0.3, 0.4) is 0 Å². The highest BCUT2D eigenvalue weighted by Gasteiger charge is 2.41. The van der Waals surface area contributed by atoms with Crippen LogP contribution in [0.4, 0.5) is 17.1 Å². The van der Waals surface area contributed by atoms with E-state index in [4.69, 9.17) is 4.65 Å². The lowest BCUT2D eigenvalue weighted by molar-refractivity contribution is 0.454. The molecule has 5 heteroatoms. The van der Waals surface area contributed by atoms with E-state index in [0.29, 0.717) is 5.75 Å². The van der Waals surface area contributed by atoms with Gasteiger partial charge in [-0.25, -0.2) is 0 Å². The molecule has 0 saturated carbocycles. The number of hydrogen-bond acceptors (Lipinski definition) is 3. The van der Waals surface area contributed by atoms with E-state index in [1.54, 1.807) is 0 Å². The molecule has 0 atom stereocenters. The summed E-state index contributed by atoms with van der Waals surface area (Å²) < 4.78 is 5.34. The second-order valence-electron chi connectivity index (χ2n) is 11.4. The minimum absolute atomic E-state index is 0.360. The average molecular weight is 624 g/mol. The molecule has 0 fully saturated rings. The molecule has 7 aromatic rings. The Hall–Kier alpha value is -5.62. The molecular formula is C42H34BNO2Si. The predicted octanol–water partition coefficient (Wildman–Crippen LogP) is 6.84. The smallest absolute Gasteiger partial charge is 0.504 e. The first kappa shape index (κ1) is 30.1. The maximum Gasteiger partial charge on any atom is 0.504 e. The summed E-state index contributed by atoms with van der Waals surface area (Å²) in [4.78, 5) is 2.26. The third-order valence-corrected chi connectivity index (χ3v) is 13.5. The van der Waals surface area contributed by atoms with Crippen LogP contribution in [-0.2, 0) is 0 Å². The van der Waals surface area contributed by atoms with Crippen molar-refractivity contribution in [2.45, 2.75) is 0 Å². The van der Waals surface area contributed by atoms with Crippen LogP contribution in [0.25, 0.3) is 11.1 Å². The number of hydrogen-bond donors (Lipinski definition) is 1. The van der Waals surface area contributed by atoms with Crippen molar-refractivity contribution >= 4 is 53.6 Å². The molecule has 47 heavy (non-hydrogen) atoms. The number of rotatable bonds is 10. The van der Waals surface area contributed by atoms with Gasteiger partial charge < -0.3 is 14.6 Å². The van der Waals surface area contributed by atoms with Crippen LogP contribution in [0, 0.1) is 0 Å². The molecule has 0 spiro atoms. The summed E-state index contributed by atoms with van der Waals surface area (Å²) in [5.41, 5.74) is 5.44. The van der Waals surface area contributed by atoms with E-state index in [0.717, 1.165) is 17.1 Å². The molecule has 0 aliphatic heterocycles. The Kier molecular flexibility index (Phi) is 8.82.